The van der Waals surface area contributed by atoms with Crippen LogP contribution in [-0.4, -0.2) is 36.0 Å². The molecule has 0 bridgehead atoms. The van der Waals surface area contributed by atoms with E-state index in [-0.39, 0.29) is 30.7 Å². The number of aromatic hydroxyl groups is 1. The maximum absolute atomic E-state index is 12.3. The van der Waals surface area contributed by atoms with Gasteiger partial charge in [0.1, 0.15) is 12.4 Å². The molecular weight excluding hydrogens is 404 g/mol. The minimum atomic E-state index is -0.826. The number of aliphatic hydroxyl groups excluding tert-OH is 1. The molecule has 2 aromatic rings. The van der Waals surface area contributed by atoms with Gasteiger partial charge in [0, 0.05) is 6.07 Å². The van der Waals surface area contributed by atoms with Crippen LogP contribution in [0.2, 0.25) is 0 Å². The molecule has 1 fully saturated rings. The molecule has 31 heavy (non-hydrogen) atoms. The molecule has 0 aliphatic heterocycles. The molecule has 0 saturated heterocycles. The fourth-order valence-electron chi connectivity index (χ4n) is 3.80. The summed E-state index contributed by atoms with van der Waals surface area (Å²) in [7, 11) is 1.52. The van der Waals surface area contributed by atoms with Crippen LogP contribution in [-0.2, 0) is 16.1 Å². The van der Waals surface area contributed by atoms with Crippen LogP contribution < -0.4 is 14.9 Å². The minimum Gasteiger partial charge on any atom is -0.502 e. The van der Waals surface area contributed by atoms with Gasteiger partial charge < -0.3 is 28.8 Å². The zero-order valence-electron chi connectivity index (χ0n) is 17.8. The summed E-state index contributed by atoms with van der Waals surface area (Å²) in [6.07, 6.45) is 4.20. The van der Waals surface area contributed by atoms with E-state index in [2.05, 4.69) is 0 Å². The van der Waals surface area contributed by atoms with E-state index in [0.29, 0.717) is 17.1 Å². The van der Waals surface area contributed by atoms with Gasteiger partial charge in [-0.2, -0.15) is 0 Å². The number of aliphatic hydroxyl groups is 1. The molecule has 0 spiro atoms. The fourth-order valence-corrected chi connectivity index (χ4v) is 3.80. The molecule has 0 unspecified atom stereocenters. The van der Waals surface area contributed by atoms with Crippen LogP contribution in [0.1, 0.15) is 62.0 Å². The van der Waals surface area contributed by atoms with Crippen molar-refractivity contribution in [3.63, 3.8) is 0 Å². The molecule has 1 aliphatic carbocycles. The Morgan fingerprint density at radius 2 is 1.97 bits per heavy atom. The molecule has 0 amide bonds. The van der Waals surface area contributed by atoms with Crippen molar-refractivity contribution in [3.8, 4) is 17.2 Å². The van der Waals surface area contributed by atoms with E-state index in [0.717, 1.165) is 31.7 Å². The average molecular weight is 432 g/mol. The van der Waals surface area contributed by atoms with E-state index in [4.69, 9.17) is 18.6 Å². The number of esters is 1. The number of carbonyl (C=O) groups excluding carboxylic acids is 1. The summed E-state index contributed by atoms with van der Waals surface area (Å²) in [6.45, 7) is 1.36. The Morgan fingerprint density at radius 3 is 2.61 bits per heavy atom. The van der Waals surface area contributed by atoms with Crippen LogP contribution in [0.5, 0.6) is 17.2 Å². The predicted molar refractivity (Wildman–Crippen MR) is 112 cm³/mol. The SMILES string of the molecule is CCOC(=O)C[C@H](c1ccc(OC2CCCC2)c(OC)c1)c1oc(CO)cc(=O)c1O. The number of ether oxygens (including phenoxy) is 3. The molecule has 3 rings (SSSR count). The van der Waals surface area contributed by atoms with E-state index >= 15 is 0 Å². The topological polar surface area (TPSA) is 115 Å². The second-order valence-corrected chi connectivity index (χ2v) is 7.44. The van der Waals surface area contributed by atoms with Gasteiger partial charge in [0.2, 0.25) is 11.2 Å². The Hall–Kier alpha value is -3.00. The van der Waals surface area contributed by atoms with Crippen molar-refractivity contribution >= 4 is 5.97 Å². The molecule has 1 heterocycles. The highest BCUT2D eigenvalue weighted by Crippen LogP contribution is 2.39. The molecule has 1 aromatic heterocycles. The zero-order valence-corrected chi connectivity index (χ0v) is 17.8. The smallest absolute Gasteiger partial charge is 0.306 e. The summed E-state index contributed by atoms with van der Waals surface area (Å²) in [5.41, 5.74) is -0.135. The molecule has 168 valence electrons. The largest absolute Gasteiger partial charge is 0.502 e. The number of hydrogen-bond donors (Lipinski definition) is 2. The first-order valence-corrected chi connectivity index (χ1v) is 10.4. The lowest BCUT2D eigenvalue weighted by atomic mass is 9.91. The van der Waals surface area contributed by atoms with E-state index < -0.39 is 29.7 Å². The summed E-state index contributed by atoms with van der Waals surface area (Å²) in [5, 5.41) is 19.8. The Bertz CT molecular complexity index is 959. The number of hydrogen-bond acceptors (Lipinski definition) is 8. The van der Waals surface area contributed by atoms with Gasteiger partial charge in [-0.05, 0) is 50.3 Å². The van der Waals surface area contributed by atoms with Crippen molar-refractivity contribution in [3.05, 3.63) is 51.6 Å². The highest BCUT2D eigenvalue weighted by Gasteiger charge is 2.28. The van der Waals surface area contributed by atoms with Crippen LogP contribution in [0.3, 0.4) is 0 Å². The van der Waals surface area contributed by atoms with Crippen LogP contribution in [0.4, 0.5) is 0 Å². The number of methoxy groups -OCH3 is 1. The summed E-state index contributed by atoms with van der Waals surface area (Å²) in [4.78, 5) is 24.4. The molecular formula is C23H28O8. The first-order chi connectivity index (χ1) is 15.0. The average Bonchev–Trinajstić information content (AvgIpc) is 3.28. The van der Waals surface area contributed by atoms with Gasteiger partial charge in [-0.1, -0.05) is 6.07 Å². The lowest BCUT2D eigenvalue weighted by Crippen LogP contribution is -2.15. The van der Waals surface area contributed by atoms with E-state index in [1.165, 1.54) is 7.11 Å². The van der Waals surface area contributed by atoms with Gasteiger partial charge in [-0.25, -0.2) is 0 Å². The highest BCUT2D eigenvalue weighted by atomic mass is 16.5. The van der Waals surface area contributed by atoms with Crippen molar-refractivity contribution in [2.75, 3.05) is 13.7 Å². The standard InChI is InChI=1S/C23H28O8/c1-3-29-21(26)12-17(23-22(27)18(25)11-16(13-24)31-23)14-8-9-19(20(10-14)28-2)30-15-6-4-5-7-15/h8-11,15,17,24,27H,3-7,12-13H2,1-2H3/t17-/m1/s1. The molecule has 1 aromatic carbocycles. The van der Waals surface area contributed by atoms with Gasteiger partial charge >= 0.3 is 5.97 Å². The van der Waals surface area contributed by atoms with Crippen LogP contribution in [0, 0.1) is 0 Å². The Morgan fingerprint density at radius 1 is 1.23 bits per heavy atom. The fraction of sp³-hybridized carbons (Fsp3) is 0.478. The molecule has 1 atom stereocenters. The quantitative estimate of drug-likeness (QED) is 0.580. The predicted octanol–water partition coefficient (Wildman–Crippen LogP) is 3.25. The van der Waals surface area contributed by atoms with Crippen molar-refractivity contribution in [1.29, 1.82) is 0 Å². The first kappa shape index (κ1) is 22.7. The number of rotatable bonds is 9. The summed E-state index contributed by atoms with van der Waals surface area (Å²) < 4.78 is 22.2. The van der Waals surface area contributed by atoms with E-state index in [1.807, 2.05) is 0 Å². The third kappa shape index (κ3) is 5.38. The van der Waals surface area contributed by atoms with Crippen molar-refractivity contribution in [2.45, 2.75) is 57.7 Å². The zero-order chi connectivity index (χ0) is 22.4. The minimum absolute atomic E-state index is 0.0141. The van der Waals surface area contributed by atoms with Crippen molar-refractivity contribution in [1.82, 2.24) is 0 Å². The Kier molecular flexibility index (Phi) is 7.57. The highest BCUT2D eigenvalue weighted by molar-refractivity contribution is 5.71. The maximum atomic E-state index is 12.3. The molecule has 1 saturated carbocycles. The Balaban J connectivity index is 2.02. The van der Waals surface area contributed by atoms with Gasteiger partial charge in [-0.15, -0.1) is 0 Å². The Labute approximate surface area is 180 Å². The van der Waals surface area contributed by atoms with E-state index in [9.17, 15) is 19.8 Å². The maximum Gasteiger partial charge on any atom is 0.306 e. The normalized spacial score (nSPS) is 14.9. The van der Waals surface area contributed by atoms with Gasteiger partial charge in [0.15, 0.2) is 17.3 Å². The molecule has 8 nitrogen and oxygen atoms in total. The van der Waals surface area contributed by atoms with E-state index in [1.54, 1.807) is 25.1 Å². The van der Waals surface area contributed by atoms with Crippen LogP contribution in [0.25, 0.3) is 0 Å². The summed E-state index contributed by atoms with van der Waals surface area (Å²) in [5.74, 6) is -1.03. The third-order valence-corrected chi connectivity index (χ3v) is 5.33. The van der Waals surface area contributed by atoms with Crippen molar-refractivity contribution in [2.24, 2.45) is 0 Å². The van der Waals surface area contributed by atoms with Crippen LogP contribution in [0.15, 0.2) is 33.5 Å². The monoisotopic (exact) mass is 432 g/mol. The summed E-state index contributed by atoms with van der Waals surface area (Å²) in [6, 6.07) is 6.19. The third-order valence-electron chi connectivity index (χ3n) is 5.33. The lowest BCUT2D eigenvalue weighted by molar-refractivity contribution is -0.143. The molecule has 0 radical (unpaired) electrons. The second-order valence-electron chi connectivity index (χ2n) is 7.44. The lowest BCUT2D eigenvalue weighted by Gasteiger charge is -2.20. The molecule has 1 aliphatic rings. The van der Waals surface area contributed by atoms with Crippen LogP contribution >= 0.6 is 0 Å². The number of benzene rings is 1. The van der Waals surface area contributed by atoms with Gasteiger partial charge in [0.05, 0.1) is 32.2 Å². The summed E-state index contributed by atoms with van der Waals surface area (Å²) >= 11 is 0. The first-order valence-electron chi connectivity index (χ1n) is 10.4. The molecule has 2 N–H and O–H groups in total. The van der Waals surface area contributed by atoms with Gasteiger partial charge in [0.25, 0.3) is 0 Å². The number of carbonyl (C=O) groups is 1. The van der Waals surface area contributed by atoms with Crippen molar-refractivity contribution < 1.29 is 33.6 Å². The van der Waals surface area contributed by atoms with Gasteiger partial charge in [-0.3, -0.25) is 9.59 Å². The molecule has 8 heteroatoms. The second kappa shape index (κ2) is 10.3.